The summed E-state index contributed by atoms with van der Waals surface area (Å²) in [7, 11) is -2.39. The van der Waals surface area contributed by atoms with Gasteiger partial charge < -0.3 is 9.84 Å². The van der Waals surface area contributed by atoms with Crippen LogP contribution in [-0.2, 0) is 21.2 Å². The topological polar surface area (TPSA) is 111 Å². The van der Waals surface area contributed by atoms with Crippen LogP contribution in [0.2, 0.25) is 0 Å². The minimum atomic E-state index is -3.91. The molecule has 0 saturated carbocycles. The van der Waals surface area contributed by atoms with E-state index in [0.717, 1.165) is 17.3 Å². The largest absolute Gasteiger partial charge is 0.493 e. The fourth-order valence-corrected chi connectivity index (χ4v) is 5.91. The second kappa shape index (κ2) is 7.98. The number of carboxylic acids is 1. The summed E-state index contributed by atoms with van der Waals surface area (Å²) >= 11 is 1.12. The molecule has 0 radical (unpaired) electrons. The number of aliphatic carboxylic acids is 1. The number of allylic oxidation sites excluding steroid dienone is 1. The van der Waals surface area contributed by atoms with Gasteiger partial charge in [-0.15, -0.1) is 0 Å². The van der Waals surface area contributed by atoms with Crippen molar-refractivity contribution in [3.8, 4) is 5.75 Å². The van der Waals surface area contributed by atoms with Crippen molar-refractivity contribution in [3.05, 3.63) is 54.4 Å². The molecule has 2 aromatic rings. The maximum Gasteiger partial charge on any atom is 0.324 e. The Balaban J connectivity index is 1.74. The highest BCUT2D eigenvalue weighted by atomic mass is 32.3. The first kappa shape index (κ1) is 20.4. The summed E-state index contributed by atoms with van der Waals surface area (Å²) in [5.41, 5.74) is -0.921. The highest BCUT2D eigenvalue weighted by Gasteiger charge is 2.42. The monoisotopic (exact) mass is 423 g/mol. The lowest BCUT2D eigenvalue weighted by Crippen LogP contribution is -2.55. The summed E-state index contributed by atoms with van der Waals surface area (Å²) in [4.78, 5) is 11.9. The standard InChI is InChI=1S/C18H21N3O5S2/c1-18(17(22)23,10-13-6-4-3-5-7-13)20-28(24,25)16-9-8-15(27-16)21-12-14(26-2)11-19-21/h3-8,11-12,16,20H,9-10H2,1-2H3,(H,22,23)/t16?,18-/m0/s1. The second-order valence-corrected chi connectivity index (χ2v) is 9.98. The molecule has 0 spiro atoms. The normalized spacial score (nSPS) is 19.1. The molecule has 0 fully saturated rings. The fraction of sp³-hybridized carbons (Fsp3) is 0.333. The van der Waals surface area contributed by atoms with E-state index in [1.54, 1.807) is 41.2 Å². The van der Waals surface area contributed by atoms with Crippen LogP contribution in [0.3, 0.4) is 0 Å². The van der Waals surface area contributed by atoms with Crippen molar-refractivity contribution in [1.29, 1.82) is 0 Å². The zero-order chi connectivity index (χ0) is 20.4. The molecule has 2 heterocycles. The van der Waals surface area contributed by atoms with E-state index < -0.39 is 26.1 Å². The van der Waals surface area contributed by atoms with Crippen molar-refractivity contribution in [2.75, 3.05) is 7.11 Å². The molecule has 0 amide bonds. The van der Waals surface area contributed by atoms with Gasteiger partial charge in [0.25, 0.3) is 0 Å². The van der Waals surface area contributed by atoms with Crippen molar-refractivity contribution in [3.63, 3.8) is 0 Å². The number of methoxy groups -OCH3 is 1. The van der Waals surface area contributed by atoms with Gasteiger partial charge in [-0.1, -0.05) is 42.1 Å². The third-order valence-electron chi connectivity index (χ3n) is 4.34. The van der Waals surface area contributed by atoms with E-state index in [-0.39, 0.29) is 12.8 Å². The van der Waals surface area contributed by atoms with Gasteiger partial charge in [-0.2, -0.15) is 9.82 Å². The van der Waals surface area contributed by atoms with Crippen molar-refractivity contribution >= 4 is 32.8 Å². The smallest absolute Gasteiger partial charge is 0.324 e. The number of hydrogen-bond donors (Lipinski definition) is 2. The number of nitrogens with one attached hydrogen (secondary N) is 1. The predicted molar refractivity (Wildman–Crippen MR) is 107 cm³/mol. The SMILES string of the molecule is COc1cnn(C2=CCC(S(=O)(=O)N[C@@](C)(Cc3ccccc3)C(=O)O)S2)c1. The van der Waals surface area contributed by atoms with Crippen LogP contribution in [-0.4, -0.2) is 46.5 Å². The number of aromatic nitrogens is 2. The summed E-state index contributed by atoms with van der Waals surface area (Å²) in [6, 6.07) is 8.93. The number of thioether (sulfide) groups is 1. The quantitative estimate of drug-likeness (QED) is 0.669. The van der Waals surface area contributed by atoms with Gasteiger partial charge in [0.05, 0.1) is 24.5 Å². The predicted octanol–water partition coefficient (Wildman–Crippen LogP) is 2.16. The Morgan fingerprint density at radius 3 is 2.75 bits per heavy atom. The molecule has 150 valence electrons. The first-order valence-corrected chi connectivity index (χ1v) is 10.9. The summed E-state index contributed by atoms with van der Waals surface area (Å²) in [6.45, 7) is 1.38. The number of benzene rings is 1. The molecule has 1 aliphatic rings. The van der Waals surface area contributed by atoms with Gasteiger partial charge in [0, 0.05) is 6.42 Å². The average Bonchev–Trinajstić information content (AvgIpc) is 3.31. The van der Waals surface area contributed by atoms with Gasteiger partial charge >= 0.3 is 5.97 Å². The van der Waals surface area contributed by atoms with Crippen molar-refractivity contribution in [1.82, 2.24) is 14.5 Å². The molecule has 1 aromatic carbocycles. The van der Waals surface area contributed by atoms with E-state index >= 15 is 0 Å². The van der Waals surface area contributed by atoms with Gasteiger partial charge in [-0.05, 0) is 25.0 Å². The molecule has 2 atom stereocenters. The van der Waals surface area contributed by atoms with Crippen molar-refractivity contribution < 1.29 is 23.1 Å². The number of nitrogens with zero attached hydrogens (tertiary/aromatic N) is 2. The first-order valence-electron chi connectivity index (χ1n) is 8.49. The van der Waals surface area contributed by atoms with Crippen LogP contribution >= 0.6 is 11.8 Å². The van der Waals surface area contributed by atoms with Gasteiger partial charge in [-0.25, -0.2) is 13.1 Å². The molecule has 1 unspecified atom stereocenters. The first-order chi connectivity index (χ1) is 13.2. The molecular formula is C18H21N3O5S2. The maximum absolute atomic E-state index is 12.9. The maximum atomic E-state index is 12.9. The van der Waals surface area contributed by atoms with E-state index in [4.69, 9.17) is 4.74 Å². The lowest BCUT2D eigenvalue weighted by atomic mass is 9.94. The lowest BCUT2D eigenvalue weighted by Gasteiger charge is -2.27. The average molecular weight is 424 g/mol. The number of carbonyl (C=O) groups is 1. The lowest BCUT2D eigenvalue weighted by molar-refractivity contribution is -0.143. The van der Waals surface area contributed by atoms with Crippen LogP contribution in [0.4, 0.5) is 0 Å². The van der Waals surface area contributed by atoms with Gasteiger partial charge in [0.1, 0.15) is 10.1 Å². The Bertz CT molecular complexity index is 988. The number of carboxylic acid groups (broad SMARTS) is 1. The minimum Gasteiger partial charge on any atom is -0.493 e. The van der Waals surface area contributed by atoms with Crippen molar-refractivity contribution in [2.24, 2.45) is 0 Å². The molecule has 2 N–H and O–H groups in total. The van der Waals surface area contributed by atoms with E-state index in [9.17, 15) is 18.3 Å². The molecule has 1 aromatic heterocycles. The van der Waals surface area contributed by atoms with Crippen LogP contribution in [0, 0.1) is 0 Å². The number of sulfonamides is 1. The van der Waals surface area contributed by atoms with Crippen LogP contribution < -0.4 is 9.46 Å². The molecule has 28 heavy (non-hydrogen) atoms. The third kappa shape index (κ3) is 4.40. The molecular weight excluding hydrogens is 402 g/mol. The molecule has 0 bridgehead atoms. The Kier molecular flexibility index (Phi) is 5.82. The Labute approximate surface area is 167 Å². The zero-order valence-electron chi connectivity index (χ0n) is 15.4. The number of ether oxygens (including phenoxy) is 1. The molecule has 0 saturated heterocycles. The van der Waals surface area contributed by atoms with Crippen LogP contribution in [0.25, 0.3) is 5.03 Å². The van der Waals surface area contributed by atoms with Gasteiger partial charge in [0.2, 0.25) is 10.0 Å². The summed E-state index contributed by atoms with van der Waals surface area (Å²) in [5, 5.41) is 14.5. The highest BCUT2D eigenvalue weighted by molar-refractivity contribution is 8.18. The van der Waals surface area contributed by atoms with E-state index in [0.29, 0.717) is 10.8 Å². The van der Waals surface area contributed by atoms with E-state index in [1.165, 1.54) is 20.2 Å². The molecule has 8 nitrogen and oxygen atoms in total. The second-order valence-electron chi connectivity index (χ2n) is 6.60. The zero-order valence-corrected chi connectivity index (χ0v) is 17.0. The number of rotatable bonds is 8. The third-order valence-corrected chi connectivity index (χ3v) is 8.06. The van der Waals surface area contributed by atoms with E-state index in [2.05, 4.69) is 9.82 Å². The van der Waals surface area contributed by atoms with Crippen LogP contribution in [0.5, 0.6) is 5.75 Å². The van der Waals surface area contributed by atoms with Crippen molar-refractivity contribution in [2.45, 2.75) is 29.9 Å². The number of hydrogen-bond acceptors (Lipinski definition) is 6. The fourth-order valence-electron chi connectivity index (χ4n) is 2.84. The van der Waals surface area contributed by atoms with Crippen LogP contribution in [0.15, 0.2) is 48.8 Å². The van der Waals surface area contributed by atoms with Gasteiger partial charge in [0.15, 0.2) is 5.75 Å². The molecule has 10 heteroatoms. The summed E-state index contributed by atoms with van der Waals surface area (Å²) < 4.78 is 34.0. The minimum absolute atomic E-state index is 0.0381. The Hall–Kier alpha value is -2.30. The van der Waals surface area contributed by atoms with E-state index in [1.807, 2.05) is 6.07 Å². The Morgan fingerprint density at radius 1 is 1.43 bits per heavy atom. The molecule has 0 aliphatic carbocycles. The Morgan fingerprint density at radius 2 is 2.14 bits per heavy atom. The molecule has 3 rings (SSSR count). The molecule has 1 aliphatic heterocycles. The van der Waals surface area contributed by atoms with Crippen LogP contribution in [0.1, 0.15) is 18.9 Å². The van der Waals surface area contributed by atoms with Gasteiger partial charge in [-0.3, -0.25) is 4.79 Å². The summed E-state index contributed by atoms with van der Waals surface area (Å²) in [5.74, 6) is -0.667. The summed E-state index contributed by atoms with van der Waals surface area (Å²) in [6.07, 6.45) is 5.23. The highest BCUT2D eigenvalue weighted by Crippen LogP contribution is 2.38.